The maximum Gasteiger partial charge on any atom is 0.127 e. The number of halogens is 1. The van der Waals surface area contributed by atoms with Crippen LogP contribution in [-0.4, -0.2) is 16.3 Å². The fourth-order valence-corrected chi connectivity index (χ4v) is 2.33. The SMILES string of the molecule is CCCc1nn(C)cc1-c1ccc(F)c(CNCC)c1. The summed E-state index contributed by atoms with van der Waals surface area (Å²) in [7, 11) is 1.92. The summed E-state index contributed by atoms with van der Waals surface area (Å²) in [5.41, 5.74) is 3.93. The summed E-state index contributed by atoms with van der Waals surface area (Å²) in [5, 5.41) is 7.67. The van der Waals surface area contributed by atoms with Crippen LogP contribution in [0.1, 0.15) is 31.5 Å². The second-order valence-corrected chi connectivity index (χ2v) is 5.00. The zero-order chi connectivity index (χ0) is 14.5. The van der Waals surface area contributed by atoms with E-state index in [9.17, 15) is 4.39 Å². The molecule has 2 aromatic rings. The van der Waals surface area contributed by atoms with E-state index in [-0.39, 0.29) is 5.82 Å². The van der Waals surface area contributed by atoms with Gasteiger partial charge in [-0.05, 0) is 30.7 Å². The van der Waals surface area contributed by atoms with E-state index in [0.29, 0.717) is 12.1 Å². The molecule has 0 unspecified atom stereocenters. The van der Waals surface area contributed by atoms with Crippen LogP contribution >= 0.6 is 0 Å². The lowest BCUT2D eigenvalue weighted by Crippen LogP contribution is -2.13. The standard InChI is InChI=1S/C16H22FN3/c1-4-6-16-14(11-20(3)19-16)12-7-8-15(17)13(9-12)10-18-5-2/h7-9,11,18H,4-6,10H2,1-3H3. The first-order valence-electron chi connectivity index (χ1n) is 7.17. The van der Waals surface area contributed by atoms with Gasteiger partial charge in [-0.3, -0.25) is 4.68 Å². The monoisotopic (exact) mass is 275 g/mol. The van der Waals surface area contributed by atoms with Crippen molar-refractivity contribution < 1.29 is 4.39 Å². The average Bonchev–Trinajstić information content (AvgIpc) is 2.79. The Kier molecular flexibility index (Phi) is 4.90. The molecule has 2 rings (SSSR count). The van der Waals surface area contributed by atoms with Crippen LogP contribution in [0.15, 0.2) is 24.4 Å². The van der Waals surface area contributed by atoms with E-state index >= 15 is 0 Å². The van der Waals surface area contributed by atoms with Crippen LogP contribution < -0.4 is 5.32 Å². The number of benzene rings is 1. The van der Waals surface area contributed by atoms with Crippen molar-refractivity contribution in [3.05, 3.63) is 41.5 Å². The van der Waals surface area contributed by atoms with E-state index in [1.54, 1.807) is 6.07 Å². The van der Waals surface area contributed by atoms with Crippen molar-refractivity contribution in [1.29, 1.82) is 0 Å². The number of rotatable bonds is 6. The number of aryl methyl sites for hydroxylation is 2. The summed E-state index contributed by atoms with van der Waals surface area (Å²) < 4.78 is 15.6. The molecule has 3 nitrogen and oxygen atoms in total. The molecule has 0 aliphatic rings. The maximum atomic E-state index is 13.8. The third-order valence-corrected chi connectivity index (χ3v) is 3.31. The van der Waals surface area contributed by atoms with E-state index in [4.69, 9.17) is 0 Å². The predicted molar refractivity (Wildman–Crippen MR) is 80.0 cm³/mol. The molecule has 0 fully saturated rings. The van der Waals surface area contributed by atoms with Gasteiger partial charge in [-0.15, -0.1) is 0 Å². The highest BCUT2D eigenvalue weighted by Crippen LogP contribution is 2.26. The first-order chi connectivity index (χ1) is 9.65. The molecule has 1 aromatic heterocycles. The molecule has 108 valence electrons. The highest BCUT2D eigenvalue weighted by Gasteiger charge is 2.11. The summed E-state index contributed by atoms with van der Waals surface area (Å²) in [6.07, 6.45) is 4.00. The van der Waals surface area contributed by atoms with Gasteiger partial charge in [-0.25, -0.2) is 4.39 Å². The molecule has 1 N–H and O–H groups in total. The maximum absolute atomic E-state index is 13.8. The fraction of sp³-hybridized carbons (Fsp3) is 0.438. The Hall–Kier alpha value is -1.68. The molecule has 0 spiro atoms. The van der Waals surface area contributed by atoms with Crippen LogP contribution in [0, 0.1) is 5.82 Å². The van der Waals surface area contributed by atoms with Crippen LogP contribution in [0.4, 0.5) is 4.39 Å². The largest absolute Gasteiger partial charge is 0.313 e. The van der Waals surface area contributed by atoms with Gasteiger partial charge in [-0.1, -0.05) is 26.3 Å². The third kappa shape index (κ3) is 3.25. The molecule has 1 aromatic carbocycles. The molecule has 0 bridgehead atoms. The van der Waals surface area contributed by atoms with Gasteiger partial charge in [0.25, 0.3) is 0 Å². The molecular formula is C16H22FN3. The molecule has 0 aliphatic carbocycles. The van der Waals surface area contributed by atoms with Gasteiger partial charge in [0.05, 0.1) is 5.69 Å². The van der Waals surface area contributed by atoms with Crippen molar-refractivity contribution in [2.75, 3.05) is 6.54 Å². The average molecular weight is 275 g/mol. The van der Waals surface area contributed by atoms with Gasteiger partial charge >= 0.3 is 0 Å². The van der Waals surface area contributed by atoms with E-state index in [2.05, 4.69) is 17.3 Å². The Labute approximate surface area is 119 Å². The lowest BCUT2D eigenvalue weighted by Gasteiger charge is -2.07. The molecule has 4 heteroatoms. The predicted octanol–water partition coefficient (Wildman–Crippen LogP) is 3.29. The number of hydrogen-bond donors (Lipinski definition) is 1. The van der Waals surface area contributed by atoms with E-state index in [0.717, 1.165) is 36.2 Å². The van der Waals surface area contributed by atoms with Crippen molar-refractivity contribution in [2.45, 2.75) is 33.2 Å². The van der Waals surface area contributed by atoms with Crippen molar-refractivity contribution >= 4 is 0 Å². The minimum atomic E-state index is -0.157. The van der Waals surface area contributed by atoms with E-state index in [1.165, 1.54) is 0 Å². The molecule has 20 heavy (non-hydrogen) atoms. The summed E-state index contributed by atoms with van der Waals surface area (Å²) in [4.78, 5) is 0. The summed E-state index contributed by atoms with van der Waals surface area (Å²) in [6.45, 7) is 5.54. The highest BCUT2D eigenvalue weighted by atomic mass is 19.1. The number of nitrogens with zero attached hydrogens (tertiary/aromatic N) is 2. The topological polar surface area (TPSA) is 29.9 Å². The van der Waals surface area contributed by atoms with E-state index in [1.807, 2.05) is 37.0 Å². The molecule has 0 radical (unpaired) electrons. The molecule has 0 aliphatic heterocycles. The van der Waals surface area contributed by atoms with Gasteiger partial charge in [-0.2, -0.15) is 5.10 Å². The lowest BCUT2D eigenvalue weighted by atomic mass is 10.0. The number of hydrogen-bond acceptors (Lipinski definition) is 2. The summed E-state index contributed by atoms with van der Waals surface area (Å²) in [5.74, 6) is -0.157. The number of aromatic nitrogens is 2. The molecular weight excluding hydrogens is 253 g/mol. The molecule has 0 atom stereocenters. The zero-order valence-corrected chi connectivity index (χ0v) is 12.4. The lowest BCUT2D eigenvalue weighted by molar-refractivity contribution is 0.593. The highest BCUT2D eigenvalue weighted by molar-refractivity contribution is 5.66. The second-order valence-electron chi connectivity index (χ2n) is 5.00. The second kappa shape index (κ2) is 6.66. The smallest absolute Gasteiger partial charge is 0.127 e. The van der Waals surface area contributed by atoms with Crippen molar-refractivity contribution in [2.24, 2.45) is 7.05 Å². The normalized spacial score (nSPS) is 11.0. The Morgan fingerprint density at radius 2 is 2.10 bits per heavy atom. The molecule has 0 saturated carbocycles. The van der Waals surface area contributed by atoms with Gasteiger partial charge in [0, 0.05) is 30.9 Å². The quantitative estimate of drug-likeness (QED) is 0.876. The Bertz CT molecular complexity index is 575. The Morgan fingerprint density at radius 3 is 2.80 bits per heavy atom. The Balaban J connectivity index is 2.37. The van der Waals surface area contributed by atoms with E-state index < -0.39 is 0 Å². The van der Waals surface area contributed by atoms with Crippen molar-refractivity contribution in [1.82, 2.24) is 15.1 Å². The summed E-state index contributed by atoms with van der Waals surface area (Å²) in [6, 6.07) is 5.31. The summed E-state index contributed by atoms with van der Waals surface area (Å²) >= 11 is 0. The fourth-order valence-electron chi connectivity index (χ4n) is 2.33. The van der Waals surface area contributed by atoms with Gasteiger partial charge in [0.1, 0.15) is 5.82 Å². The first kappa shape index (κ1) is 14.7. The minimum absolute atomic E-state index is 0.157. The van der Waals surface area contributed by atoms with Crippen molar-refractivity contribution in [3.63, 3.8) is 0 Å². The number of nitrogens with one attached hydrogen (secondary N) is 1. The van der Waals surface area contributed by atoms with Crippen LogP contribution in [0.25, 0.3) is 11.1 Å². The molecule has 1 heterocycles. The Morgan fingerprint density at radius 1 is 1.30 bits per heavy atom. The minimum Gasteiger partial charge on any atom is -0.313 e. The van der Waals surface area contributed by atoms with Gasteiger partial charge < -0.3 is 5.32 Å². The molecule has 0 saturated heterocycles. The van der Waals surface area contributed by atoms with Crippen LogP contribution in [0.3, 0.4) is 0 Å². The van der Waals surface area contributed by atoms with Crippen LogP contribution in [-0.2, 0) is 20.0 Å². The third-order valence-electron chi connectivity index (χ3n) is 3.31. The van der Waals surface area contributed by atoms with Gasteiger partial charge in [0.15, 0.2) is 0 Å². The van der Waals surface area contributed by atoms with Gasteiger partial charge in [0.2, 0.25) is 0 Å². The van der Waals surface area contributed by atoms with Crippen molar-refractivity contribution in [3.8, 4) is 11.1 Å². The van der Waals surface area contributed by atoms with Crippen LogP contribution in [0.5, 0.6) is 0 Å². The van der Waals surface area contributed by atoms with Crippen LogP contribution in [0.2, 0.25) is 0 Å². The first-order valence-corrected chi connectivity index (χ1v) is 7.17. The molecule has 0 amide bonds. The zero-order valence-electron chi connectivity index (χ0n) is 12.4.